The lowest BCUT2D eigenvalue weighted by molar-refractivity contribution is -0.142. The van der Waals surface area contributed by atoms with Gasteiger partial charge in [0.15, 0.2) is 0 Å². The number of rotatable bonds is 5. The molecule has 1 aliphatic heterocycles. The number of aliphatic hydroxyl groups is 1. The van der Waals surface area contributed by atoms with Crippen LogP contribution < -0.4 is 10.4 Å². The first-order chi connectivity index (χ1) is 16.9. The van der Waals surface area contributed by atoms with E-state index in [1.165, 1.54) is 0 Å². The van der Waals surface area contributed by atoms with Crippen molar-refractivity contribution in [3.8, 4) is 5.75 Å². The zero-order valence-electron chi connectivity index (χ0n) is 20.5. The van der Waals surface area contributed by atoms with Gasteiger partial charge in [-0.3, -0.25) is 4.79 Å². The van der Waals surface area contributed by atoms with Crippen LogP contribution in [0.25, 0.3) is 11.0 Å². The summed E-state index contributed by atoms with van der Waals surface area (Å²) in [6.45, 7) is 5.28. The molecular formula is C29H33NO5. The van der Waals surface area contributed by atoms with Crippen molar-refractivity contribution in [2.45, 2.75) is 64.6 Å². The van der Waals surface area contributed by atoms with E-state index in [0.717, 1.165) is 47.8 Å². The third-order valence-electron chi connectivity index (χ3n) is 8.00. The van der Waals surface area contributed by atoms with Crippen molar-refractivity contribution in [1.29, 1.82) is 0 Å². The van der Waals surface area contributed by atoms with Gasteiger partial charge < -0.3 is 19.2 Å². The molecule has 1 N–H and O–H groups in total. The molecule has 35 heavy (non-hydrogen) atoms. The fourth-order valence-corrected chi connectivity index (χ4v) is 5.73. The smallest absolute Gasteiger partial charge is 0.340 e. The monoisotopic (exact) mass is 475 g/mol. The molecule has 2 atom stereocenters. The molecule has 0 spiro atoms. The van der Waals surface area contributed by atoms with Crippen LogP contribution in [0.15, 0.2) is 51.7 Å². The highest BCUT2D eigenvalue weighted by Gasteiger charge is 2.43. The van der Waals surface area contributed by atoms with Crippen LogP contribution in [-0.4, -0.2) is 34.6 Å². The molecule has 6 nitrogen and oxygen atoms in total. The molecule has 1 amide bonds. The number of piperidine rings is 1. The highest BCUT2D eigenvalue weighted by molar-refractivity contribution is 5.87. The molecule has 1 aliphatic carbocycles. The number of likely N-dealkylation sites (tertiary alicyclic amines) is 1. The van der Waals surface area contributed by atoms with E-state index in [1.807, 2.05) is 61.2 Å². The summed E-state index contributed by atoms with van der Waals surface area (Å²) in [5, 5.41) is 11.7. The number of carbonyl (C=O) groups excluding carboxylic acids is 1. The number of aryl methyl sites for hydroxylation is 2. The van der Waals surface area contributed by atoms with Crippen LogP contribution in [0.5, 0.6) is 5.75 Å². The first kappa shape index (κ1) is 23.6. The molecular weight excluding hydrogens is 442 g/mol. The maximum absolute atomic E-state index is 13.2. The summed E-state index contributed by atoms with van der Waals surface area (Å²) in [6.07, 6.45) is 4.55. The molecule has 6 heteroatoms. The Labute approximate surface area is 205 Å². The number of benzene rings is 2. The predicted octanol–water partition coefficient (Wildman–Crippen LogP) is 4.68. The Kier molecular flexibility index (Phi) is 6.41. The van der Waals surface area contributed by atoms with Crippen LogP contribution in [0.3, 0.4) is 0 Å². The number of ether oxygens (including phenoxy) is 1. The maximum atomic E-state index is 13.2. The van der Waals surface area contributed by atoms with Gasteiger partial charge in [-0.05, 0) is 56.4 Å². The summed E-state index contributed by atoms with van der Waals surface area (Å²) in [7, 11) is 0. The van der Waals surface area contributed by atoms with Crippen molar-refractivity contribution >= 4 is 16.9 Å². The van der Waals surface area contributed by atoms with Gasteiger partial charge in [0.2, 0.25) is 5.91 Å². The fourth-order valence-electron chi connectivity index (χ4n) is 5.73. The Bertz CT molecular complexity index is 1300. The van der Waals surface area contributed by atoms with Crippen molar-refractivity contribution in [3.63, 3.8) is 0 Å². The standard InChI is InChI=1S/C29H33NO5/c1-19-23-11-12-25(34-18-21-8-4-3-5-9-21)20(2)27(23)35-28(32)24(19)16-26(31)30-15-14-29(33)13-7-6-10-22(29)17-30/h3-5,8-9,11-12,22,33H,6-7,10,13-18H2,1-2H3/t22-,29+/m0/s1. The van der Waals surface area contributed by atoms with Crippen molar-refractivity contribution < 1.29 is 19.1 Å². The average Bonchev–Trinajstić information content (AvgIpc) is 2.86. The fraction of sp³-hybridized carbons (Fsp3) is 0.448. The molecule has 2 aliphatic rings. The van der Waals surface area contributed by atoms with Gasteiger partial charge in [0.25, 0.3) is 0 Å². The third kappa shape index (κ3) is 4.59. The summed E-state index contributed by atoms with van der Waals surface area (Å²) in [5.41, 5.74) is 2.40. The molecule has 5 rings (SSSR count). The van der Waals surface area contributed by atoms with Gasteiger partial charge in [-0.2, -0.15) is 0 Å². The molecule has 0 bridgehead atoms. The first-order valence-corrected chi connectivity index (χ1v) is 12.6. The Hall–Kier alpha value is -3.12. The van der Waals surface area contributed by atoms with E-state index in [4.69, 9.17) is 9.15 Å². The number of hydrogen-bond acceptors (Lipinski definition) is 5. The largest absolute Gasteiger partial charge is 0.488 e. The molecule has 2 fully saturated rings. The number of fused-ring (bicyclic) bond motifs is 2. The van der Waals surface area contributed by atoms with Crippen LogP contribution >= 0.6 is 0 Å². The molecule has 1 saturated carbocycles. The Morgan fingerprint density at radius 3 is 2.71 bits per heavy atom. The van der Waals surface area contributed by atoms with E-state index in [2.05, 4.69) is 0 Å². The average molecular weight is 476 g/mol. The van der Waals surface area contributed by atoms with Gasteiger partial charge in [-0.25, -0.2) is 4.79 Å². The molecule has 184 valence electrons. The molecule has 0 radical (unpaired) electrons. The second-order valence-corrected chi connectivity index (χ2v) is 10.1. The van der Waals surface area contributed by atoms with Crippen LogP contribution in [-0.2, 0) is 17.8 Å². The quantitative estimate of drug-likeness (QED) is 0.542. The van der Waals surface area contributed by atoms with E-state index >= 15 is 0 Å². The zero-order valence-corrected chi connectivity index (χ0v) is 20.5. The van der Waals surface area contributed by atoms with Crippen molar-refractivity contribution in [2.24, 2.45) is 5.92 Å². The van der Waals surface area contributed by atoms with Crippen molar-refractivity contribution in [3.05, 3.63) is 75.1 Å². The molecule has 1 saturated heterocycles. The molecule has 3 aromatic rings. The molecule has 1 aromatic heterocycles. The van der Waals surface area contributed by atoms with Crippen LogP contribution in [0.2, 0.25) is 0 Å². The molecule has 2 aromatic carbocycles. The van der Waals surface area contributed by atoms with Gasteiger partial charge in [0.05, 0.1) is 17.6 Å². The van der Waals surface area contributed by atoms with E-state index < -0.39 is 11.2 Å². The van der Waals surface area contributed by atoms with Crippen LogP contribution in [0, 0.1) is 19.8 Å². The normalized spacial score (nSPS) is 22.1. The lowest BCUT2D eigenvalue weighted by Crippen LogP contribution is -2.55. The van der Waals surface area contributed by atoms with Crippen LogP contribution in [0.1, 0.15) is 54.4 Å². The lowest BCUT2D eigenvalue weighted by atomic mass is 9.71. The van der Waals surface area contributed by atoms with E-state index in [0.29, 0.717) is 43.0 Å². The first-order valence-electron chi connectivity index (χ1n) is 12.6. The summed E-state index contributed by atoms with van der Waals surface area (Å²) in [6, 6.07) is 13.7. The number of nitrogens with zero attached hydrogens (tertiary/aromatic N) is 1. The Morgan fingerprint density at radius 2 is 1.91 bits per heavy atom. The second-order valence-electron chi connectivity index (χ2n) is 10.1. The summed E-state index contributed by atoms with van der Waals surface area (Å²) in [5.74, 6) is 0.716. The molecule has 0 unspecified atom stereocenters. The van der Waals surface area contributed by atoms with Gasteiger partial charge in [-0.1, -0.05) is 43.2 Å². The minimum Gasteiger partial charge on any atom is -0.488 e. The lowest BCUT2D eigenvalue weighted by Gasteiger charge is -2.47. The predicted molar refractivity (Wildman–Crippen MR) is 135 cm³/mol. The van der Waals surface area contributed by atoms with Gasteiger partial charge >= 0.3 is 5.63 Å². The molecule has 2 heterocycles. The third-order valence-corrected chi connectivity index (χ3v) is 8.00. The SMILES string of the molecule is Cc1c(CC(=O)N2CC[C@]3(O)CCCC[C@H]3C2)c(=O)oc2c(C)c(OCc3ccccc3)ccc12. The van der Waals surface area contributed by atoms with E-state index in [-0.39, 0.29) is 18.2 Å². The maximum Gasteiger partial charge on any atom is 0.340 e. The Morgan fingerprint density at radius 1 is 1.11 bits per heavy atom. The van der Waals surface area contributed by atoms with Crippen molar-refractivity contribution in [1.82, 2.24) is 4.90 Å². The second kappa shape index (κ2) is 9.50. The zero-order chi connectivity index (χ0) is 24.6. The van der Waals surface area contributed by atoms with Crippen LogP contribution in [0.4, 0.5) is 0 Å². The number of hydrogen-bond donors (Lipinski definition) is 1. The minimum atomic E-state index is -0.634. The van der Waals surface area contributed by atoms with Crippen molar-refractivity contribution in [2.75, 3.05) is 13.1 Å². The Balaban J connectivity index is 1.35. The van der Waals surface area contributed by atoms with Gasteiger partial charge in [0, 0.05) is 30.0 Å². The van der Waals surface area contributed by atoms with Gasteiger partial charge in [-0.15, -0.1) is 0 Å². The van der Waals surface area contributed by atoms with Gasteiger partial charge in [0.1, 0.15) is 17.9 Å². The summed E-state index contributed by atoms with van der Waals surface area (Å²) < 4.78 is 11.7. The number of carbonyl (C=O) groups is 1. The summed E-state index contributed by atoms with van der Waals surface area (Å²) in [4.78, 5) is 28.0. The highest BCUT2D eigenvalue weighted by Crippen LogP contribution is 2.40. The van der Waals surface area contributed by atoms with E-state index in [1.54, 1.807) is 0 Å². The van der Waals surface area contributed by atoms with E-state index in [9.17, 15) is 14.7 Å². The number of amides is 1. The topological polar surface area (TPSA) is 80.0 Å². The highest BCUT2D eigenvalue weighted by atomic mass is 16.5. The minimum absolute atomic E-state index is 0.0144. The summed E-state index contributed by atoms with van der Waals surface area (Å²) >= 11 is 0.